The lowest BCUT2D eigenvalue weighted by molar-refractivity contribution is 0.419. The van der Waals surface area contributed by atoms with Crippen LogP contribution in [0.15, 0.2) is 41.8 Å². The topological polar surface area (TPSA) is 113 Å². The minimum absolute atomic E-state index is 0.215. The van der Waals surface area contributed by atoms with Gasteiger partial charge in [-0.2, -0.15) is 9.65 Å². The van der Waals surface area contributed by atoms with Crippen LogP contribution in [-0.2, 0) is 5.54 Å². The zero-order valence-electron chi connectivity index (χ0n) is 15.8. The van der Waals surface area contributed by atoms with Crippen molar-refractivity contribution in [2.45, 2.75) is 31.1 Å². The SMILES string of the molecule is C[C@@H]1C[C@@](C)(c2cc(Nc3nccc4cc(C#N)cnc34)cnc2F)N=C(N)S1. The Morgan fingerprint density at radius 2 is 2.14 bits per heavy atom. The van der Waals surface area contributed by atoms with Gasteiger partial charge in [-0.15, -0.1) is 0 Å². The van der Waals surface area contributed by atoms with Crippen LogP contribution in [0.25, 0.3) is 10.9 Å². The minimum atomic E-state index is -0.796. The maximum atomic E-state index is 14.6. The van der Waals surface area contributed by atoms with E-state index in [1.54, 1.807) is 24.4 Å². The number of anilines is 2. The second kappa shape index (κ2) is 7.29. The number of fused-ring (bicyclic) bond motifs is 1. The van der Waals surface area contributed by atoms with E-state index in [4.69, 9.17) is 11.0 Å². The molecule has 7 nitrogen and oxygen atoms in total. The first-order chi connectivity index (χ1) is 13.9. The molecule has 4 heterocycles. The van der Waals surface area contributed by atoms with Crippen molar-refractivity contribution < 1.29 is 4.39 Å². The van der Waals surface area contributed by atoms with Crippen molar-refractivity contribution in [1.82, 2.24) is 15.0 Å². The number of halogens is 1. The molecule has 29 heavy (non-hydrogen) atoms. The maximum Gasteiger partial charge on any atom is 0.218 e. The third-order valence-corrected chi connectivity index (χ3v) is 5.68. The van der Waals surface area contributed by atoms with Gasteiger partial charge < -0.3 is 11.1 Å². The van der Waals surface area contributed by atoms with Crippen molar-refractivity contribution in [2.75, 3.05) is 5.32 Å². The van der Waals surface area contributed by atoms with E-state index in [1.807, 2.05) is 13.8 Å². The molecular formula is C20H18FN7S. The molecule has 0 amide bonds. The Morgan fingerprint density at radius 3 is 2.90 bits per heavy atom. The molecule has 1 aliphatic heterocycles. The molecule has 3 aromatic heterocycles. The largest absolute Gasteiger partial charge is 0.379 e. The number of nitrogens with zero attached hydrogens (tertiary/aromatic N) is 5. The van der Waals surface area contributed by atoms with E-state index in [9.17, 15) is 4.39 Å². The van der Waals surface area contributed by atoms with Gasteiger partial charge in [0.2, 0.25) is 5.95 Å². The van der Waals surface area contributed by atoms with E-state index in [0.29, 0.717) is 39.7 Å². The first-order valence-corrected chi connectivity index (χ1v) is 9.86. The number of nitrogens with one attached hydrogen (secondary N) is 1. The number of hydrogen-bond donors (Lipinski definition) is 2. The summed E-state index contributed by atoms with van der Waals surface area (Å²) in [5.41, 5.74) is 7.16. The van der Waals surface area contributed by atoms with Crippen molar-refractivity contribution in [2.24, 2.45) is 10.7 Å². The molecule has 3 aromatic rings. The molecule has 0 aromatic carbocycles. The van der Waals surface area contributed by atoms with Crippen molar-refractivity contribution in [3.63, 3.8) is 0 Å². The fourth-order valence-corrected chi connectivity index (χ4v) is 4.61. The van der Waals surface area contributed by atoms with Crippen LogP contribution in [0.3, 0.4) is 0 Å². The molecule has 1 aliphatic rings. The molecular weight excluding hydrogens is 389 g/mol. The highest BCUT2D eigenvalue weighted by Gasteiger charge is 2.36. The third kappa shape index (κ3) is 3.71. The van der Waals surface area contributed by atoms with Gasteiger partial charge in [0.1, 0.15) is 11.6 Å². The molecule has 0 saturated carbocycles. The van der Waals surface area contributed by atoms with Gasteiger partial charge in [-0.25, -0.2) is 9.97 Å². The monoisotopic (exact) mass is 407 g/mol. The molecule has 0 unspecified atom stereocenters. The highest BCUT2D eigenvalue weighted by Crippen LogP contribution is 2.40. The van der Waals surface area contributed by atoms with Crippen LogP contribution in [0.2, 0.25) is 0 Å². The van der Waals surface area contributed by atoms with Crippen LogP contribution in [0.4, 0.5) is 15.9 Å². The van der Waals surface area contributed by atoms with E-state index in [0.717, 1.165) is 5.39 Å². The molecule has 0 fully saturated rings. The minimum Gasteiger partial charge on any atom is -0.379 e. The average molecular weight is 407 g/mol. The fraction of sp³-hybridized carbons (Fsp3) is 0.250. The zero-order valence-corrected chi connectivity index (χ0v) is 16.7. The maximum absolute atomic E-state index is 14.6. The van der Waals surface area contributed by atoms with Crippen LogP contribution in [0, 0.1) is 17.3 Å². The van der Waals surface area contributed by atoms with Gasteiger partial charge in [-0.3, -0.25) is 9.98 Å². The molecule has 0 radical (unpaired) electrons. The Bertz CT molecular complexity index is 1170. The van der Waals surface area contributed by atoms with E-state index in [2.05, 4.69) is 31.3 Å². The molecule has 3 N–H and O–H groups in total. The standard InChI is InChI=1S/C20H18FN7S/c1-11-7-20(2,28-19(23)29-11)15-6-14(10-26-17(15)21)27-18-16-13(3-4-24-18)5-12(8-22)9-25-16/h3-6,9-11H,7H2,1-2H3,(H2,23,28)(H,24,27)/t11-,20+/m1/s1. The van der Waals surface area contributed by atoms with Gasteiger partial charge in [-0.1, -0.05) is 18.7 Å². The van der Waals surface area contributed by atoms with Gasteiger partial charge in [0, 0.05) is 28.6 Å². The summed E-state index contributed by atoms with van der Waals surface area (Å²) >= 11 is 1.48. The number of rotatable bonds is 3. The number of aromatic nitrogens is 3. The van der Waals surface area contributed by atoms with Crippen molar-refractivity contribution >= 4 is 39.3 Å². The fourth-order valence-electron chi connectivity index (χ4n) is 3.54. The van der Waals surface area contributed by atoms with Gasteiger partial charge in [0.15, 0.2) is 11.0 Å². The number of thioether (sulfide) groups is 1. The highest BCUT2D eigenvalue weighted by atomic mass is 32.2. The third-order valence-electron chi connectivity index (χ3n) is 4.77. The van der Waals surface area contributed by atoms with Crippen molar-refractivity contribution in [3.05, 3.63) is 53.9 Å². The molecule has 146 valence electrons. The van der Waals surface area contributed by atoms with E-state index in [-0.39, 0.29) is 5.25 Å². The van der Waals surface area contributed by atoms with E-state index < -0.39 is 11.5 Å². The Balaban J connectivity index is 1.73. The van der Waals surface area contributed by atoms with Crippen LogP contribution in [-0.4, -0.2) is 25.4 Å². The Hall–Kier alpha value is -3.25. The van der Waals surface area contributed by atoms with E-state index >= 15 is 0 Å². The number of pyridine rings is 3. The summed E-state index contributed by atoms with van der Waals surface area (Å²) in [7, 11) is 0. The summed E-state index contributed by atoms with van der Waals surface area (Å²) in [6, 6.07) is 7.28. The van der Waals surface area contributed by atoms with Crippen LogP contribution in [0.5, 0.6) is 0 Å². The number of nitrogens with two attached hydrogens (primary N) is 1. The molecule has 0 saturated heterocycles. The summed E-state index contributed by atoms with van der Waals surface area (Å²) in [6.45, 7) is 3.90. The first-order valence-electron chi connectivity index (χ1n) is 8.98. The second-order valence-electron chi connectivity index (χ2n) is 7.11. The number of aliphatic imine (C=N–C) groups is 1. The molecule has 2 atom stereocenters. The number of nitriles is 1. The molecule has 0 spiro atoms. The summed E-state index contributed by atoms with van der Waals surface area (Å²) in [5.74, 6) is -0.0801. The summed E-state index contributed by atoms with van der Waals surface area (Å²) in [6.07, 6.45) is 5.16. The molecule has 0 aliphatic carbocycles. The van der Waals surface area contributed by atoms with Gasteiger partial charge in [0.05, 0.1) is 23.0 Å². The predicted molar refractivity (Wildman–Crippen MR) is 112 cm³/mol. The quantitative estimate of drug-likeness (QED) is 0.634. The lowest BCUT2D eigenvalue weighted by Crippen LogP contribution is -2.33. The first kappa shape index (κ1) is 19.1. The van der Waals surface area contributed by atoms with Gasteiger partial charge in [0.25, 0.3) is 0 Å². The zero-order chi connectivity index (χ0) is 20.6. The summed E-state index contributed by atoms with van der Waals surface area (Å²) in [4.78, 5) is 17.1. The van der Waals surface area contributed by atoms with Gasteiger partial charge >= 0.3 is 0 Å². The van der Waals surface area contributed by atoms with Crippen LogP contribution < -0.4 is 11.1 Å². The molecule has 9 heteroatoms. The normalized spacial score (nSPS) is 21.4. The molecule has 4 rings (SSSR count). The predicted octanol–water partition coefficient (Wildman–Crippen LogP) is 3.83. The van der Waals surface area contributed by atoms with Crippen LogP contribution >= 0.6 is 11.8 Å². The Morgan fingerprint density at radius 1 is 1.31 bits per heavy atom. The molecule has 0 bridgehead atoms. The highest BCUT2D eigenvalue weighted by molar-refractivity contribution is 8.14. The van der Waals surface area contributed by atoms with Crippen molar-refractivity contribution in [1.29, 1.82) is 5.26 Å². The van der Waals surface area contributed by atoms with Crippen molar-refractivity contribution in [3.8, 4) is 6.07 Å². The second-order valence-corrected chi connectivity index (χ2v) is 8.57. The van der Waals surface area contributed by atoms with E-state index in [1.165, 1.54) is 24.2 Å². The lowest BCUT2D eigenvalue weighted by atomic mass is 9.88. The Labute approximate surface area is 171 Å². The Kier molecular flexibility index (Phi) is 4.80. The van der Waals surface area contributed by atoms with Crippen LogP contribution in [0.1, 0.15) is 31.4 Å². The number of hydrogen-bond acceptors (Lipinski definition) is 8. The summed E-state index contributed by atoms with van der Waals surface area (Å²) < 4.78 is 14.6. The average Bonchev–Trinajstić information content (AvgIpc) is 2.68. The lowest BCUT2D eigenvalue weighted by Gasteiger charge is -2.33. The number of amidine groups is 1. The summed E-state index contributed by atoms with van der Waals surface area (Å²) in [5, 5.41) is 13.7. The van der Waals surface area contributed by atoms with Gasteiger partial charge in [-0.05, 0) is 31.5 Å². The smallest absolute Gasteiger partial charge is 0.218 e.